The standard InChI is InChI=1S/C14H18N2O4/c17-10-1-2-11-12(9-20-13(11)7-10)16-5-3-15(4-6-16)8-14(18)19/h1-2,7,12,17H,3-6,8-9H2,(H,18,19). The number of carbonyl (C=O) groups is 1. The van der Waals surface area contributed by atoms with E-state index >= 15 is 0 Å². The molecule has 1 atom stereocenters. The number of hydrogen-bond acceptors (Lipinski definition) is 5. The van der Waals surface area contributed by atoms with Gasteiger partial charge in [-0.05, 0) is 12.1 Å². The number of aliphatic carboxylic acids is 1. The summed E-state index contributed by atoms with van der Waals surface area (Å²) < 4.78 is 5.63. The molecule has 2 aliphatic heterocycles. The van der Waals surface area contributed by atoms with Crippen LogP contribution in [0.15, 0.2) is 18.2 Å². The van der Waals surface area contributed by atoms with Gasteiger partial charge in [-0.15, -0.1) is 0 Å². The number of ether oxygens (including phenoxy) is 1. The Kier molecular flexibility index (Phi) is 3.50. The molecule has 1 fully saturated rings. The Bertz CT molecular complexity index is 512. The predicted octanol–water partition coefficient (Wildman–Crippen LogP) is 0.528. The molecule has 6 heteroatoms. The van der Waals surface area contributed by atoms with Crippen molar-refractivity contribution < 1.29 is 19.7 Å². The summed E-state index contributed by atoms with van der Waals surface area (Å²) in [6, 6.07) is 5.45. The van der Waals surface area contributed by atoms with Crippen molar-refractivity contribution in [1.29, 1.82) is 0 Å². The van der Waals surface area contributed by atoms with Crippen molar-refractivity contribution in [2.45, 2.75) is 6.04 Å². The molecule has 6 nitrogen and oxygen atoms in total. The van der Waals surface area contributed by atoms with Crippen molar-refractivity contribution in [1.82, 2.24) is 9.80 Å². The molecule has 0 aliphatic carbocycles. The molecule has 2 aliphatic rings. The summed E-state index contributed by atoms with van der Waals surface area (Å²) >= 11 is 0. The third-order valence-corrected chi connectivity index (χ3v) is 3.96. The maximum atomic E-state index is 10.7. The SMILES string of the molecule is O=C(O)CN1CCN(C2COc3cc(O)ccc32)CC1. The fraction of sp³-hybridized carbons (Fsp3) is 0.500. The maximum Gasteiger partial charge on any atom is 0.317 e. The van der Waals surface area contributed by atoms with Gasteiger partial charge in [-0.25, -0.2) is 0 Å². The van der Waals surface area contributed by atoms with E-state index in [0.717, 1.165) is 37.5 Å². The van der Waals surface area contributed by atoms with Gasteiger partial charge >= 0.3 is 5.97 Å². The van der Waals surface area contributed by atoms with Gasteiger partial charge in [-0.1, -0.05) is 0 Å². The highest BCUT2D eigenvalue weighted by Gasteiger charge is 2.32. The number of piperazine rings is 1. The number of phenols is 1. The van der Waals surface area contributed by atoms with Crippen LogP contribution in [0.3, 0.4) is 0 Å². The number of nitrogens with zero attached hydrogens (tertiary/aromatic N) is 2. The Morgan fingerprint density at radius 1 is 1.30 bits per heavy atom. The van der Waals surface area contributed by atoms with Crippen LogP contribution in [0, 0.1) is 0 Å². The van der Waals surface area contributed by atoms with Crippen molar-refractivity contribution >= 4 is 5.97 Å². The first-order valence-electron chi connectivity index (χ1n) is 6.77. The Hall–Kier alpha value is -1.79. The number of rotatable bonds is 3. The molecule has 108 valence electrons. The second-order valence-corrected chi connectivity index (χ2v) is 5.25. The van der Waals surface area contributed by atoms with E-state index in [9.17, 15) is 9.90 Å². The van der Waals surface area contributed by atoms with Crippen LogP contribution in [0.5, 0.6) is 11.5 Å². The lowest BCUT2D eigenvalue weighted by Gasteiger charge is -2.36. The Balaban J connectivity index is 1.64. The minimum atomic E-state index is -0.775. The molecule has 0 bridgehead atoms. The molecule has 0 saturated carbocycles. The quantitative estimate of drug-likeness (QED) is 0.840. The smallest absolute Gasteiger partial charge is 0.317 e. The summed E-state index contributed by atoms with van der Waals surface area (Å²) in [5.41, 5.74) is 1.11. The summed E-state index contributed by atoms with van der Waals surface area (Å²) in [7, 11) is 0. The molecule has 2 heterocycles. The van der Waals surface area contributed by atoms with E-state index in [-0.39, 0.29) is 18.3 Å². The molecular weight excluding hydrogens is 260 g/mol. The van der Waals surface area contributed by atoms with E-state index in [1.54, 1.807) is 12.1 Å². The van der Waals surface area contributed by atoms with E-state index in [4.69, 9.17) is 9.84 Å². The van der Waals surface area contributed by atoms with Gasteiger partial charge < -0.3 is 14.9 Å². The Labute approximate surface area is 117 Å². The molecule has 2 N–H and O–H groups in total. The minimum absolute atomic E-state index is 0.111. The Morgan fingerprint density at radius 3 is 2.75 bits per heavy atom. The zero-order valence-electron chi connectivity index (χ0n) is 11.2. The van der Waals surface area contributed by atoms with Crippen LogP contribution < -0.4 is 4.74 Å². The van der Waals surface area contributed by atoms with Gasteiger partial charge in [0.05, 0.1) is 12.6 Å². The molecule has 20 heavy (non-hydrogen) atoms. The zero-order chi connectivity index (χ0) is 14.1. The van der Waals surface area contributed by atoms with Gasteiger partial charge in [0, 0.05) is 37.8 Å². The first-order valence-corrected chi connectivity index (χ1v) is 6.77. The molecule has 1 unspecified atom stereocenters. The number of hydrogen-bond donors (Lipinski definition) is 2. The third-order valence-electron chi connectivity index (χ3n) is 3.96. The van der Waals surface area contributed by atoms with E-state index in [0.29, 0.717) is 6.61 Å². The minimum Gasteiger partial charge on any atom is -0.508 e. The average Bonchev–Trinajstić information content (AvgIpc) is 2.82. The lowest BCUT2D eigenvalue weighted by molar-refractivity contribution is -0.138. The fourth-order valence-electron chi connectivity index (χ4n) is 2.91. The molecule has 0 radical (unpaired) electrons. The molecule has 1 saturated heterocycles. The van der Waals surface area contributed by atoms with Crippen molar-refractivity contribution in [3.8, 4) is 11.5 Å². The van der Waals surface area contributed by atoms with Crippen LogP contribution in [0.2, 0.25) is 0 Å². The van der Waals surface area contributed by atoms with Crippen molar-refractivity contribution in [3.05, 3.63) is 23.8 Å². The average molecular weight is 278 g/mol. The van der Waals surface area contributed by atoms with Crippen molar-refractivity contribution in [2.75, 3.05) is 39.3 Å². The van der Waals surface area contributed by atoms with Crippen molar-refractivity contribution in [3.63, 3.8) is 0 Å². The highest BCUT2D eigenvalue weighted by atomic mass is 16.5. The first kappa shape index (κ1) is 13.2. The summed E-state index contributed by atoms with van der Waals surface area (Å²) in [6.45, 7) is 3.90. The maximum absolute atomic E-state index is 10.7. The normalized spacial score (nSPS) is 23.3. The largest absolute Gasteiger partial charge is 0.508 e. The van der Waals surface area contributed by atoms with Gasteiger partial charge in [-0.2, -0.15) is 0 Å². The number of carboxylic acid groups (broad SMARTS) is 1. The monoisotopic (exact) mass is 278 g/mol. The summed E-state index contributed by atoms with van der Waals surface area (Å²) in [4.78, 5) is 15.0. The topological polar surface area (TPSA) is 73.2 Å². The van der Waals surface area contributed by atoms with Gasteiger partial charge in [-0.3, -0.25) is 14.6 Å². The lowest BCUT2D eigenvalue weighted by atomic mass is 10.1. The van der Waals surface area contributed by atoms with Gasteiger partial charge in [0.15, 0.2) is 0 Å². The number of benzene rings is 1. The predicted molar refractivity (Wildman–Crippen MR) is 72.0 cm³/mol. The second kappa shape index (κ2) is 5.30. The van der Waals surface area contributed by atoms with Gasteiger partial charge in [0.2, 0.25) is 0 Å². The molecule has 0 spiro atoms. The molecule has 0 amide bonds. The van der Waals surface area contributed by atoms with Gasteiger partial charge in [0.1, 0.15) is 18.1 Å². The first-order chi connectivity index (χ1) is 9.63. The molecular formula is C14H18N2O4. The van der Waals surface area contributed by atoms with Crippen LogP contribution in [-0.2, 0) is 4.79 Å². The third kappa shape index (κ3) is 2.57. The van der Waals surface area contributed by atoms with Gasteiger partial charge in [0.25, 0.3) is 0 Å². The number of aromatic hydroxyl groups is 1. The van der Waals surface area contributed by atoms with Crippen LogP contribution in [0.1, 0.15) is 11.6 Å². The van der Waals surface area contributed by atoms with Crippen LogP contribution >= 0.6 is 0 Å². The number of fused-ring (bicyclic) bond motifs is 1. The number of phenolic OH excluding ortho intramolecular Hbond substituents is 1. The fourth-order valence-corrected chi connectivity index (χ4v) is 2.91. The second-order valence-electron chi connectivity index (χ2n) is 5.25. The molecule has 1 aromatic carbocycles. The lowest BCUT2D eigenvalue weighted by Crippen LogP contribution is -2.49. The van der Waals surface area contributed by atoms with Crippen LogP contribution in [-0.4, -0.2) is 65.3 Å². The zero-order valence-corrected chi connectivity index (χ0v) is 11.2. The summed E-state index contributed by atoms with van der Waals surface area (Å²) in [5.74, 6) is 0.196. The van der Waals surface area contributed by atoms with E-state index in [1.165, 1.54) is 0 Å². The molecule has 1 aromatic rings. The summed E-state index contributed by atoms with van der Waals surface area (Å²) in [6.07, 6.45) is 0. The van der Waals surface area contributed by atoms with E-state index < -0.39 is 5.97 Å². The highest BCUT2D eigenvalue weighted by Crippen LogP contribution is 2.38. The molecule has 0 aromatic heterocycles. The highest BCUT2D eigenvalue weighted by molar-refractivity contribution is 5.69. The van der Waals surface area contributed by atoms with E-state index in [1.807, 2.05) is 11.0 Å². The van der Waals surface area contributed by atoms with Crippen molar-refractivity contribution in [2.24, 2.45) is 0 Å². The number of carboxylic acids is 1. The summed E-state index contributed by atoms with van der Waals surface area (Å²) in [5, 5.41) is 18.3. The Morgan fingerprint density at radius 2 is 2.05 bits per heavy atom. The molecule has 3 rings (SSSR count). The van der Waals surface area contributed by atoms with Crippen LogP contribution in [0.4, 0.5) is 0 Å². The van der Waals surface area contributed by atoms with Crippen LogP contribution in [0.25, 0.3) is 0 Å². The van der Waals surface area contributed by atoms with E-state index in [2.05, 4.69) is 4.90 Å².